The molecule has 1 aromatic carbocycles. The first-order valence-corrected chi connectivity index (χ1v) is 10.5. The highest BCUT2D eigenvalue weighted by Crippen LogP contribution is 2.48. The lowest BCUT2D eigenvalue weighted by Crippen LogP contribution is -2.33. The summed E-state index contributed by atoms with van der Waals surface area (Å²) in [4.78, 5) is 38.3. The van der Waals surface area contributed by atoms with Gasteiger partial charge in [0.25, 0.3) is 5.91 Å². The van der Waals surface area contributed by atoms with Gasteiger partial charge in [-0.15, -0.1) is 0 Å². The van der Waals surface area contributed by atoms with Gasteiger partial charge in [-0.1, -0.05) is 6.07 Å². The molecular formula is C25H22N6O2. The molecule has 164 valence electrons. The molecule has 1 aliphatic rings. The third-order valence-electron chi connectivity index (χ3n) is 6.28. The van der Waals surface area contributed by atoms with E-state index in [0.29, 0.717) is 24.2 Å². The molecule has 3 heterocycles. The van der Waals surface area contributed by atoms with Gasteiger partial charge in [0.1, 0.15) is 5.82 Å². The van der Waals surface area contributed by atoms with E-state index in [0.717, 1.165) is 33.0 Å². The lowest BCUT2D eigenvalue weighted by atomic mass is 9.92. The molecular weight excluding hydrogens is 416 g/mol. The summed E-state index contributed by atoms with van der Waals surface area (Å²) in [6.45, 7) is 1.92. The number of carbonyl (C=O) groups is 2. The van der Waals surface area contributed by atoms with Gasteiger partial charge >= 0.3 is 0 Å². The second-order valence-corrected chi connectivity index (χ2v) is 8.36. The predicted molar refractivity (Wildman–Crippen MR) is 127 cm³/mol. The van der Waals surface area contributed by atoms with Crippen LogP contribution in [0.4, 0.5) is 17.2 Å². The molecule has 1 fully saturated rings. The van der Waals surface area contributed by atoms with Crippen LogP contribution in [0.25, 0.3) is 21.9 Å². The number of pyridine rings is 3. The zero-order chi connectivity index (χ0) is 23.2. The van der Waals surface area contributed by atoms with Crippen molar-refractivity contribution in [3.63, 3.8) is 0 Å². The SMILES string of the molecule is Cc1c(N)cncc1-c1cc(N)c2cnc(NC(=O)C(=O)C3(c4cccnc4)CC3)cc2c1. The zero-order valence-electron chi connectivity index (χ0n) is 18.0. The number of fused-ring (bicyclic) bond motifs is 1. The number of carbonyl (C=O) groups excluding carboxylic acids is 2. The van der Waals surface area contributed by atoms with E-state index in [1.165, 1.54) is 0 Å². The normalized spacial score (nSPS) is 14.1. The van der Waals surface area contributed by atoms with Gasteiger partial charge in [-0.05, 0) is 66.1 Å². The third-order valence-corrected chi connectivity index (χ3v) is 6.28. The Kier molecular flexibility index (Phi) is 4.78. The number of nitrogens with two attached hydrogens (primary N) is 2. The second-order valence-electron chi connectivity index (χ2n) is 8.36. The Labute approximate surface area is 190 Å². The van der Waals surface area contributed by atoms with Crippen molar-refractivity contribution in [2.45, 2.75) is 25.2 Å². The summed E-state index contributed by atoms with van der Waals surface area (Å²) in [6, 6.07) is 9.09. The molecule has 0 bridgehead atoms. The van der Waals surface area contributed by atoms with Crippen LogP contribution in [0, 0.1) is 6.92 Å². The molecule has 5 N–H and O–H groups in total. The van der Waals surface area contributed by atoms with Gasteiger partial charge in [-0.25, -0.2) is 4.98 Å². The topological polar surface area (TPSA) is 137 Å². The van der Waals surface area contributed by atoms with E-state index in [1.54, 1.807) is 43.1 Å². The predicted octanol–water partition coefficient (Wildman–Crippen LogP) is 3.40. The number of anilines is 3. The van der Waals surface area contributed by atoms with E-state index in [1.807, 2.05) is 25.1 Å². The lowest BCUT2D eigenvalue weighted by molar-refractivity contribution is -0.136. The van der Waals surface area contributed by atoms with E-state index < -0.39 is 17.1 Å². The molecule has 0 unspecified atom stereocenters. The molecule has 0 radical (unpaired) electrons. The average Bonchev–Trinajstić information content (AvgIpc) is 3.63. The fraction of sp³-hybridized carbons (Fsp3) is 0.160. The van der Waals surface area contributed by atoms with Crippen LogP contribution >= 0.6 is 0 Å². The zero-order valence-corrected chi connectivity index (χ0v) is 18.0. The van der Waals surface area contributed by atoms with E-state index >= 15 is 0 Å². The molecule has 1 aliphatic carbocycles. The minimum atomic E-state index is -0.787. The number of ketones is 1. The fourth-order valence-electron chi connectivity index (χ4n) is 4.15. The molecule has 8 nitrogen and oxygen atoms in total. The van der Waals surface area contributed by atoms with Crippen molar-refractivity contribution in [3.8, 4) is 11.1 Å². The Morgan fingerprint density at radius 2 is 1.82 bits per heavy atom. The summed E-state index contributed by atoms with van der Waals surface area (Å²) in [5.41, 5.74) is 16.0. The van der Waals surface area contributed by atoms with E-state index in [9.17, 15) is 9.59 Å². The summed E-state index contributed by atoms with van der Waals surface area (Å²) >= 11 is 0. The van der Waals surface area contributed by atoms with E-state index in [4.69, 9.17) is 11.5 Å². The molecule has 1 saturated carbocycles. The number of nitrogens with zero attached hydrogens (tertiary/aromatic N) is 3. The summed E-state index contributed by atoms with van der Waals surface area (Å²) in [5.74, 6) is -0.892. The maximum atomic E-state index is 13.0. The molecule has 1 amide bonds. The molecule has 0 saturated heterocycles. The first-order chi connectivity index (χ1) is 15.9. The largest absolute Gasteiger partial charge is 0.398 e. The average molecular weight is 438 g/mol. The quantitative estimate of drug-likeness (QED) is 0.321. The van der Waals surface area contributed by atoms with Crippen molar-refractivity contribution in [2.75, 3.05) is 16.8 Å². The van der Waals surface area contributed by atoms with Gasteiger partial charge in [0.2, 0.25) is 5.78 Å². The standard InChI is InChI=1S/C25H22N6O2/c1-14-18(11-29-13-21(14)27)15-7-16-9-22(30-12-19(16)20(26)8-15)31-24(33)23(32)25(4-5-25)17-3-2-6-28-10-17/h2-3,6-13H,4-5,26-27H2,1H3,(H,30,31,33). The van der Waals surface area contributed by atoms with Crippen molar-refractivity contribution >= 4 is 39.7 Å². The summed E-state index contributed by atoms with van der Waals surface area (Å²) in [5, 5.41) is 4.17. The molecule has 0 aliphatic heterocycles. The highest BCUT2D eigenvalue weighted by molar-refractivity contribution is 6.44. The van der Waals surface area contributed by atoms with Gasteiger partial charge in [-0.2, -0.15) is 0 Å². The molecule has 5 rings (SSSR count). The van der Waals surface area contributed by atoms with Crippen LogP contribution in [0.1, 0.15) is 24.0 Å². The molecule has 0 spiro atoms. The monoisotopic (exact) mass is 438 g/mol. The summed E-state index contributed by atoms with van der Waals surface area (Å²) in [7, 11) is 0. The molecule has 33 heavy (non-hydrogen) atoms. The minimum absolute atomic E-state index is 0.279. The van der Waals surface area contributed by atoms with Crippen LogP contribution < -0.4 is 16.8 Å². The Morgan fingerprint density at radius 3 is 2.55 bits per heavy atom. The number of benzene rings is 1. The van der Waals surface area contributed by atoms with E-state index in [-0.39, 0.29) is 5.82 Å². The maximum Gasteiger partial charge on any atom is 0.293 e. The molecule has 8 heteroatoms. The highest BCUT2D eigenvalue weighted by Gasteiger charge is 2.53. The Bertz CT molecular complexity index is 1410. The van der Waals surface area contributed by atoms with Crippen LogP contribution in [-0.2, 0) is 15.0 Å². The second kappa shape index (κ2) is 7.67. The van der Waals surface area contributed by atoms with Crippen molar-refractivity contribution < 1.29 is 9.59 Å². The van der Waals surface area contributed by atoms with Gasteiger partial charge in [0, 0.05) is 41.4 Å². The van der Waals surface area contributed by atoms with Gasteiger partial charge < -0.3 is 16.8 Å². The molecule has 0 atom stereocenters. The minimum Gasteiger partial charge on any atom is -0.398 e. The number of rotatable bonds is 5. The van der Waals surface area contributed by atoms with Gasteiger partial charge in [0.05, 0.1) is 17.3 Å². The molecule has 4 aromatic rings. The van der Waals surface area contributed by atoms with Crippen LogP contribution in [0.3, 0.4) is 0 Å². The molecule has 3 aromatic heterocycles. The van der Waals surface area contributed by atoms with Crippen molar-refractivity contribution in [3.05, 3.63) is 72.4 Å². The Morgan fingerprint density at radius 1 is 1.00 bits per heavy atom. The third kappa shape index (κ3) is 3.55. The number of hydrogen-bond donors (Lipinski definition) is 3. The van der Waals surface area contributed by atoms with Crippen molar-refractivity contribution in [1.29, 1.82) is 0 Å². The van der Waals surface area contributed by atoms with Gasteiger partial charge in [-0.3, -0.25) is 19.6 Å². The van der Waals surface area contributed by atoms with Gasteiger partial charge in [0.15, 0.2) is 0 Å². The van der Waals surface area contributed by atoms with E-state index in [2.05, 4.69) is 20.3 Å². The highest BCUT2D eigenvalue weighted by atomic mass is 16.2. The number of nitrogen functional groups attached to an aromatic ring is 2. The van der Waals surface area contributed by atoms with Crippen molar-refractivity contribution in [2.24, 2.45) is 0 Å². The smallest absolute Gasteiger partial charge is 0.293 e. The van der Waals surface area contributed by atoms with Crippen LogP contribution in [0.2, 0.25) is 0 Å². The maximum absolute atomic E-state index is 13.0. The van der Waals surface area contributed by atoms with Crippen LogP contribution in [-0.4, -0.2) is 26.6 Å². The van der Waals surface area contributed by atoms with Crippen molar-refractivity contribution in [1.82, 2.24) is 15.0 Å². The fourth-order valence-corrected chi connectivity index (χ4v) is 4.15. The number of nitrogens with one attached hydrogen (secondary N) is 1. The number of Topliss-reactive ketones (excluding diaryl/α,β-unsaturated/α-hetero) is 1. The summed E-state index contributed by atoms with van der Waals surface area (Å²) in [6.07, 6.45) is 9.48. The first kappa shape index (κ1) is 20.6. The summed E-state index contributed by atoms with van der Waals surface area (Å²) < 4.78 is 0. The Hall–Kier alpha value is -4.33. The number of amides is 1. The number of aromatic nitrogens is 3. The Balaban J connectivity index is 1.45. The van der Waals surface area contributed by atoms with Crippen LogP contribution in [0.5, 0.6) is 0 Å². The number of hydrogen-bond acceptors (Lipinski definition) is 7. The van der Waals surface area contributed by atoms with Crippen LogP contribution in [0.15, 0.2) is 61.3 Å². The first-order valence-electron chi connectivity index (χ1n) is 10.5. The lowest BCUT2D eigenvalue weighted by Gasteiger charge is -2.14.